The standard InChI is InChI=1S/C29H38FNO4S2/c1-5-8-14-29(15-9-6-2)19-31(21-10-12-22(32)13-11-21)24-16-27(36-4)25(17-26(24)37-20-29)35-18-23(30)28(33)34-7-3/h10-13,16-18,32H,5-9,14-15,19-20H2,1-4H3/b23-18-. The summed E-state index contributed by atoms with van der Waals surface area (Å²) in [5, 5.41) is 9.92. The van der Waals surface area contributed by atoms with Crippen molar-refractivity contribution in [2.24, 2.45) is 5.41 Å². The number of benzene rings is 2. The van der Waals surface area contributed by atoms with Crippen molar-refractivity contribution < 1.29 is 23.8 Å². The topological polar surface area (TPSA) is 59.0 Å². The van der Waals surface area contributed by atoms with E-state index in [1.54, 1.807) is 19.1 Å². The van der Waals surface area contributed by atoms with Crippen molar-refractivity contribution in [3.05, 3.63) is 48.5 Å². The number of halogens is 1. The number of carbonyl (C=O) groups is 1. The first-order valence-electron chi connectivity index (χ1n) is 13.0. The molecular formula is C29H38FNO4S2. The second-order valence-corrected chi connectivity index (χ2v) is 11.2. The zero-order valence-corrected chi connectivity index (χ0v) is 23.9. The lowest BCUT2D eigenvalue weighted by Crippen LogP contribution is -2.36. The van der Waals surface area contributed by atoms with Gasteiger partial charge in [0, 0.05) is 22.9 Å². The Bertz CT molecular complexity index is 1070. The lowest BCUT2D eigenvalue weighted by molar-refractivity contribution is -0.140. The van der Waals surface area contributed by atoms with Gasteiger partial charge < -0.3 is 19.5 Å². The quantitative estimate of drug-likeness (QED) is 0.124. The van der Waals surface area contributed by atoms with Crippen LogP contribution in [-0.2, 0) is 9.53 Å². The van der Waals surface area contributed by atoms with Crippen LogP contribution in [0.5, 0.6) is 11.5 Å². The molecule has 3 rings (SSSR count). The molecular weight excluding hydrogens is 509 g/mol. The van der Waals surface area contributed by atoms with Gasteiger partial charge in [0.05, 0.1) is 17.2 Å². The Labute approximate surface area is 228 Å². The van der Waals surface area contributed by atoms with Gasteiger partial charge in [-0.05, 0) is 67.8 Å². The number of esters is 1. The fourth-order valence-corrected chi connectivity index (χ4v) is 6.45. The molecule has 0 fully saturated rings. The number of carbonyl (C=O) groups excluding carboxylic acids is 1. The Kier molecular flexibility index (Phi) is 11.1. The van der Waals surface area contributed by atoms with Crippen LogP contribution in [0.4, 0.5) is 15.8 Å². The van der Waals surface area contributed by atoms with Crippen LogP contribution in [0.3, 0.4) is 0 Å². The first kappa shape index (κ1) is 29.2. The van der Waals surface area contributed by atoms with Crippen LogP contribution in [0, 0.1) is 5.41 Å². The Morgan fingerprint density at radius 2 is 1.84 bits per heavy atom. The summed E-state index contributed by atoms with van der Waals surface area (Å²) in [5.41, 5.74) is 2.22. The van der Waals surface area contributed by atoms with Crippen molar-refractivity contribution in [2.75, 3.05) is 30.1 Å². The minimum Gasteiger partial charge on any atom is -0.508 e. The second-order valence-electron chi connectivity index (χ2n) is 9.37. The van der Waals surface area contributed by atoms with Gasteiger partial charge in [-0.3, -0.25) is 0 Å². The van der Waals surface area contributed by atoms with Gasteiger partial charge in [-0.1, -0.05) is 39.5 Å². The molecule has 0 aromatic heterocycles. The molecule has 1 aliphatic rings. The number of hydrogen-bond acceptors (Lipinski definition) is 7. The number of thioether (sulfide) groups is 2. The highest BCUT2D eigenvalue weighted by atomic mass is 32.2. The smallest absolute Gasteiger partial charge is 0.370 e. The fourth-order valence-electron chi connectivity index (χ4n) is 4.56. The predicted octanol–water partition coefficient (Wildman–Crippen LogP) is 8.48. The highest BCUT2D eigenvalue weighted by Gasteiger charge is 2.36. The fraction of sp³-hybridized carbons (Fsp3) is 0.483. The number of phenolic OH excluding ortho intramolecular Hbond substituents is 1. The normalized spacial score (nSPS) is 15.2. The summed E-state index contributed by atoms with van der Waals surface area (Å²) in [5.74, 6) is -0.397. The molecule has 2 aromatic rings. The maximum atomic E-state index is 14.2. The first-order valence-corrected chi connectivity index (χ1v) is 15.2. The molecule has 8 heteroatoms. The second kappa shape index (κ2) is 14.0. The molecule has 0 aliphatic carbocycles. The molecule has 1 heterocycles. The molecule has 0 bridgehead atoms. The lowest BCUT2D eigenvalue weighted by Gasteiger charge is -2.37. The molecule has 0 saturated heterocycles. The summed E-state index contributed by atoms with van der Waals surface area (Å²) < 4.78 is 24.6. The van der Waals surface area contributed by atoms with Gasteiger partial charge in [-0.25, -0.2) is 4.79 Å². The van der Waals surface area contributed by atoms with Crippen molar-refractivity contribution >= 4 is 40.9 Å². The molecule has 5 nitrogen and oxygen atoms in total. The maximum Gasteiger partial charge on any atom is 0.370 e. The number of phenols is 1. The number of anilines is 2. The molecule has 0 saturated carbocycles. The molecule has 0 radical (unpaired) electrons. The Morgan fingerprint density at radius 1 is 1.16 bits per heavy atom. The maximum absolute atomic E-state index is 14.2. The molecule has 0 unspecified atom stereocenters. The molecule has 0 amide bonds. The van der Waals surface area contributed by atoms with Crippen LogP contribution in [0.25, 0.3) is 0 Å². The van der Waals surface area contributed by atoms with Gasteiger partial charge in [0.2, 0.25) is 5.83 Å². The summed E-state index contributed by atoms with van der Waals surface area (Å²) in [6.45, 7) is 7.07. The van der Waals surface area contributed by atoms with Crippen LogP contribution >= 0.6 is 23.5 Å². The van der Waals surface area contributed by atoms with E-state index in [1.165, 1.54) is 24.6 Å². The highest BCUT2D eigenvalue weighted by Crippen LogP contribution is 2.50. The average molecular weight is 548 g/mol. The Balaban J connectivity index is 2.06. The van der Waals surface area contributed by atoms with E-state index >= 15 is 0 Å². The van der Waals surface area contributed by atoms with Crippen molar-refractivity contribution in [3.8, 4) is 11.5 Å². The molecule has 0 spiro atoms. The van der Waals surface area contributed by atoms with Crippen molar-refractivity contribution in [3.63, 3.8) is 0 Å². The predicted molar refractivity (Wildman–Crippen MR) is 152 cm³/mol. The van der Waals surface area contributed by atoms with Crippen LogP contribution in [0.15, 0.2) is 58.3 Å². The zero-order valence-electron chi connectivity index (χ0n) is 22.2. The van der Waals surface area contributed by atoms with Crippen molar-refractivity contribution in [1.82, 2.24) is 0 Å². The van der Waals surface area contributed by atoms with Crippen LogP contribution in [0.2, 0.25) is 0 Å². The molecule has 1 aliphatic heterocycles. The Hall–Kier alpha value is -2.32. The van der Waals surface area contributed by atoms with Crippen molar-refractivity contribution in [1.29, 1.82) is 0 Å². The highest BCUT2D eigenvalue weighted by molar-refractivity contribution is 7.99. The van der Waals surface area contributed by atoms with E-state index in [0.717, 1.165) is 65.4 Å². The molecule has 0 atom stereocenters. The van der Waals surface area contributed by atoms with E-state index in [9.17, 15) is 14.3 Å². The third kappa shape index (κ3) is 7.60. The third-order valence-corrected chi connectivity index (χ3v) is 8.76. The third-order valence-electron chi connectivity index (χ3n) is 6.61. The summed E-state index contributed by atoms with van der Waals surface area (Å²) >= 11 is 3.32. The van der Waals surface area contributed by atoms with E-state index in [1.807, 2.05) is 36.2 Å². The first-order chi connectivity index (χ1) is 17.9. The summed E-state index contributed by atoms with van der Waals surface area (Å²) in [4.78, 5) is 15.9. The van der Waals surface area contributed by atoms with Crippen LogP contribution in [0.1, 0.15) is 59.3 Å². The monoisotopic (exact) mass is 547 g/mol. The number of unbranched alkanes of at least 4 members (excludes halogenated alkanes) is 2. The molecule has 2 aromatic carbocycles. The van der Waals surface area contributed by atoms with E-state index < -0.39 is 11.8 Å². The van der Waals surface area contributed by atoms with Crippen LogP contribution < -0.4 is 9.64 Å². The number of nitrogens with zero attached hydrogens (tertiary/aromatic N) is 1. The number of aromatic hydroxyl groups is 1. The van der Waals surface area contributed by atoms with E-state index in [0.29, 0.717) is 5.75 Å². The minimum absolute atomic E-state index is 0.0938. The number of ether oxygens (including phenoxy) is 2. The molecule has 202 valence electrons. The lowest BCUT2D eigenvalue weighted by atomic mass is 9.79. The van der Waals surface area contributed by atoms with Gasteiger partial charge in [-0.2, -0.15) is 4.39 Å². The van der Waals surface area contributed by atoms with Gasteiger partial charge >= 0.3 is 5.97 Å². The van der Waals surface area contributed by atoms with Gasteiger partial charge in [-0.15, -0.1) is 23.5 Å². The van der Waals surface area contributed by atoms with E-state index in [-0.39, 0.29) is 17.8 Å². The van der Waals surface area contributed by atoms with Gasteiger partial charge in [0.15, 0.2) is 0 Å². The average Bonchev–Trinajstić information content (AvgIpc) is 3.06. The molecule has 37 heavy (non-hydrogen) atoms. The summed E-state index contributed by atoms with van der Waals surface area (Å²) in [6.07, 6.45) is 9.71. The SMILES string of the molecule is CCCCC1(CCCC)CSc2cc(O/C=C(\F)C(=O)OCC)c(SC)cc2N(c2ccc(O)cc2)C1. The summed E-state index contributed by atoms with van der Waals surface area (Å²) in [7, 11) is 0. The number of fused-ring (bicyclic) bond motifs is 1. The summed E-state index contributed by atoms with van der Waals surface area (Å²) in [6, 6.07) is 11.4. The number of rotatable bonds is 12. The largest absolute Gasteiger partial charge is 0.508 e. The number of hydrogen-bond donors (Lipinski definition) is 1. The van der Waals surface area contributed by atoms with E-state index in [4.69, 9.17) is 9.47 Å². The Morgan fingerprint density at radius 3 is 2.43 bits per heavy atom. The van der Waals surface area contributed by atoms with Gasteiger partial charge in [0.25, 0.3) is 0 Å². The minimum atomic E-state index is -1.07. The zero-order chi connectivity index (χ0) is 26.8. The molecule has 1 N–H and O–H groups in total. The van der Waals surface area contributed by atoms with E-state index in [2.05, 4.69) is 24.8 Å². The van der Waals surface area contributed by atoms with Gasteiger partial charge in [0.1, 0.15) is 17.8 Å². The van der Waals surface area contributed by atoms with Crippen molar-refractivity contribution in [2.45, 2.75) is 69.1 Å². The van der Waals surface area contributed by atoms with Crippen LogP contribution in [-0.4, -0.2) is 36.2 Å².